The van der Waals surface area contributed by atoms with Gasteiger partial charge in [-0.2, -0.15) is 0 Å². The van der Waals surface area contributed by atoms with E-state index in [-0.39, 0.29) is 41.6 Å². The van der Waals surface area contributed by atoms with E-state index in [1.54, 1.807) is 32.0 Å². The highest BCUT2D eigenvalue weighted by molar-refractivity contribution is 6.32. The third-order valence-corrected chi connectivity index (χ3v) is 4.41. The molecule has 0 unspecified atom stereocenters. The lowest BCUT2D eigenvalue weighted by Crippen LogP contribution is -2.35. The number of rotatable bonds is 5. The molecule has 3 rings (SSSR count). The largest absolute Gasteiger partial charge is 0.507 e. The standard InChI is InChI=1S/C20H20ClNO6/c1-20(2)9-15(24)19-14(23)7-12(8-17(19)28-20)27-10-18(25)22-11-4-5-16(26-3)13(21)6-11/h4-8,23H,9-10H2,1-3H3,(H,22,25). The molecule has 1 heterocycles. The Labute approximate surface area is 167 Å². The van der Waals surface area contributed by atoms with Crippen molar-refractivity contribution in [3.8, 4) is 23.0 Å². The molecule has 0 radical (unpaired) electrons. The molecule has 2 N–H and O–H groups in total. The van der Waals surface area contributed by atoms with Crippen molar-refractivity contribution >= 4 is 29.0 Å². The minimum absolute atomic E-state index is 0.129. The summed E-state index contributed by atoms with van der Waals surface area (Å²) in [5.41, 5.74) is -0.0625. The highest BCUT2D eigenvalue weighted by Crippen LogP contribution is 2.40. The fourth-order valence-electron chi connectivity index (χ4n) is 2.92. The second-order valence-electron chi connectivity index (χ2n) is 6.96. The number of phenolic OH excluding ortho intramolecular Hbond substituents is 1. The van der Waals surface area contributed by atoms with Crippen LogP contribution in [0.4, 0.5) is 5.69 Å². The summed E-state index contributed by atoms with van der Waals surface area (Å²) in [7, 11) is 1.50. The van der Waals surface area contributed by atoms with Crippen LogP contribution in [0, 0.1) is 0 Å². The van der Waals surface area contributed by atoms with Crippen molar-refractivity contribution in [1.82, 2.24) is 0 Å². The molecule has 0 bridgehead atoms. The number of ether oxygens (including phenoxy) is 3. The zero-order chi connectivity index (χ0) is 20.5. The number of aromatic hydroxyl groups is 1. The van der Waals surface area contributed by atoms with Gasteiger partial charge in [-0.3, -0.25) is 9.59 Å². The number of halogens is 1. The van der Waals surface area contributed by atoms with Crippen molar-refractivity contribution < 1.29 is 28.9 Å². The van der Waals surface area contributed by atoms with Gasteiger partial charge in [0.25, 0.3) is 5.91 Å². The van der Waals surface area contributed by atoms with Gasteiger partial charge in [0.15, 0.2) is 12.4 Å². The van der Waals surface area contributed by atoms with Gasteiger partial charge in [-0.05, 0) is 32.0 Å². The minimum atomic E-state index is -0.680. The Bertz CT molecular complexity index is 941. The number of carbonyl (C=O) groups is 2. The first-order valence-electron chi connectivity index (χ1n) is 8.54. The third-order valence-electron chi connectivity index (χ3n) is 4.11. The van der Waals surface area contributed by atoms with Crippen LogP contribution in [0.1, 0.15) is 30.6 Å². The highest BCUT2D eigenvalue weighted by Gasteiger charge is 2.35. The average Bonchev–Trinajstić information content (AvgIpc) is 2.58. The lowest BCUT2D eigenvalue weighted by atomic mass is 9.92. The average molecular weight is 406 g/mol. The van der Waals surface area contributed by atoms with E-state index in [2.05, 4.69) is 5.32 Å². The monoisotopic (exact) mass is 405 g/mol. The molecule has 0 saturated heterocycles. The molecule has 0 spiro atoms. The zero-order valence-electron chi connectivity index (χ0n) is 15.7. The summed E-state index contributed by atoms with van der Waals surface area (Å²) in [4.78, 5) is 24.3. The Kier molecular flexibility index (Phi) is 5.38. The maximum atomic E-state index is 12.2. The second kappa shape index (κ2) is 7.59. The molecule has 2 aromatic carbocycles. The normalized spacial score (nSPS) is 14.6. The molecule has 148 valence electrons. The summed E-state index contributed by atoms with van der Waals surface area (Å²) < 4.78 is 16.3. The summed E-state index contributed by atoms with van der Waals surface area (Å²) in [6, 6.07) is 7.62. The lowest BCUT2D eigenvalue weighted by Gasteiger charge is -2.32. The lowest BCUT2D eigenvalue weighted by molar-refractivity contribution is -0.118. The first-order valence-corrected chi connectivity index (χ1v) is 8.92. The molecule has 0 saturated carbocycles. The topological polar surface area (TPSA) is 94.1 Å². The van der Waals surface area contributed by atoms with Crippen LogP contribution in [0.3, 0.4) is 0 Å². The van der Waals surface area contributed by atoms with Crippen LogP contribution >= 0.6 is 11.6 Å². The van der Waals surface area contributed by atoms with Gasteiger partial charge in [-0.25, -0.2) is 0 Å². The Morgan fingerprint density at radius 2 is 2.07 bits per heavy atom. The molecule has 1 amide bonds. The zero-order valence-corrected chi connectivity index (χ0v) is 16.4. The number of Topliss-reactive ketones (excluding diaryl/α,β-unsaturated/α-hetero) is 1. The molecule has 1 aliphatic rings. The van der Waals surface area contributed by atoms with Crippen LogP contribution in [0.25, 0.3) is 0 Å². The third kappa shape index (κ3) is 4.31. The number of carbonyl (C=O) groups excluding carboxylic acids is 2. The van der Waals surface area contributed by atoms with E-state index in [1.807, 2.05) is 0 Å². The van der Waals surface area contributed by atoms with Crippen molar-refractivity contribution in [1.29, 1.82) is 0 Å². The molecule has 0 aliphatic carbocycles. The van der Waals surface area contributed by atoms with Crippen molar-refractivity contribution in [3.05, 3.63) is 40.9 Å². The van der Waals surface area contributed by atoms with Gasteiger partial charge in [-0.1, -0.05) is 11.6 Å². The summed E-state index contributed by atoms with van der Waals surface area (Å²) in [6.07, 6.45) is 0.167. The molecule has 0 atom stereocenters. The van der Waals surface area contributed by atoms with E-state index < -0.39 is 11.5 Å². The predicted molar refractivity (Wildman–Crippen MR) is 104 cm³/mol. The number of hydrogen-bond donors (Lipinski definition) is 2. The van der Waals surface area contributed by atoms with Crippen molar-refractivity contribution in [3.63, 3.8) is 0 Å². The number of nitrogens with one attached hydrogen (secondary N) is 1. The van der Waals surface area contributed by atoms with Gasteiger partial charge < -0.3 is 24.6 Å². The number of hydrogen-bond acceptors (Lipinski definition) is 6. The van der Waals surface area contributed by atoms with Crippen molar-refractivity contribution in [2.45, 2.75) is 25.9 Å². The number of anilines is 1. The first kappa shape index (κ1) is 19.8. The summed E-state index contributed by atoms with van der Waals surface area (Å²) in [6.45, 7) is 3.26. The first-order chi connectivity index (χ1) is 13.2. The van der Waals surface area contributed by atoms with Crippen LogP contribution in [-0.2, 0) is 4.79 Å². The number of methoxy groups -OCH3 is 1. The molecule has 7 nitrogen and oxygen atoms in total. The van der Waals surface area contributed by atoms with Crippen LogP contribution < -0.4 is 19.5 Å². The molecule has 0 fully saturated rings. The molecule has 1 aliphatic heterocycles. The number of fused-ring (bicyclic) bond motifs is 1. The van der Waals surface area contributed by atoms with Gasteiger partial charge in [0, 0.05) is 17.8 Å². The van der Waals surface area contributed by atoms with Gasteiger partial charge in [0.05, 0.1) is 18.6 Å². The smallest absolute Gasteiger partial charge is 0.262 e. The van der Waals surface area contributed by atoms with Crippen LogP contribution in [0.5, 0.6) is 23.0 Å². The number of ketones is 1. The number of benzene rings is 2. The van der Waals surface area contributed by atoms with Crippen LogP contribution in [0.2, 0.25) is 5.02 Å². The van der Waals surface area contributed by atoms with Gasteiger partial charge in [0.1, 0.15) is 34.2 Å². The molecule has 2 aromatic rings. The van der Waals surface area contributed by atoms with E-state index in [4.69, 9.17) is 25.8 Å². The van der Waals surface area contributed by atoms with E-state index >= 15 is 0 Å². The molecule has 8 heteroatoms. The summed E-state index contributed by atoms with van der Waals surface area (Å²) >= 11 is 6.03. The quantitative estimate of drug-likeness (QED) is 0.785. The highest BCUT2D eigenvalue weighted by atomic mass is 35.5. The van der Waals surface area contributed by atoms with Gasteiger partial charge in [0.2, 0.25) is 0 Å². The SMILES string of the molecule is COc1ccc(NC(=O)COc2cc(O)c3c(c2)OC(C)(C)CC3=O)cc1Cl. The Morgan fingerprint density at radius 3 is 2.75 bits per heavy atom. The second-order valence-corrected chi connectivity index (χ2v) is 7.37. The van der Waals surface area contributed by atoms with Crippen molar-refractivity contribution in [2.75, 3.05) is 19.0 Å². The van der Waals surface area contributed by atoms with E-state index in [0.29, 0.717) is 16.5 Å². The van der Waals surface area contributed by atoms with Crippen LogP contribution in [-0.4, -0.2) is 36.1 Å². The molecular formula is C20H20ClNO6. The van der Waals surface area contributed by atoms with E-state index in [0.717, 1.165) is 0 Å². The van der Waals surface area contributed by atoms with Gasteiger partial charge >= 0.3 is 0 Å². The Morgan fingerprint density at radius 1 is 1.32 bits per heavy atom. The van der Waals surface area contributed by atoms with Crippen molar-refractivity contribution in [2.24, 2.45) is 0 Å². The van der Waals surface area contributed by atoms with E-state index in [9.17, 15) is 14.7 Å². The fourth-order valence-corrected chi connectivity index (χ4v) is 3.18. The maximum absolute atomic E-state index is 12.2. The maximum Gasteiger partial charge on any atom is 0.262 e. The predicted octanol–water partition coefficient (Wildman–Crippen LogP) is 3.82. The molecule has 28 heavy (non-hydrogen) atoms. The molecule has 0 aromatic heterocycles. The molecular weight excluding hydrogens is 386 g/mol. The Balaban J connectivity index is 1.68. The Hall–Kier alpha value is -2.93. The summed E-state index contributed by atoms with van der Waals surface area (Å²) in [5.74, 6) is 0.0803. The van der Waals surface area contributed by atoms with E-state index in [1.165, 1.54) is 19.2 Å². The van der Waals surface area contributed by atoms with Crippen LogP contribution in [0.15, 0.2) is 30.3 Å². The summed E-state index contributed by atoms with van der Waals surface area (Å²) in [5, 5.41) is 13.2. The van der Waals surface area contributed by atoms with Gasteiger partial charge in [-0.15, -0.1) is 0 Å². The minimum Gasteiger partial charge on any atom is -0.507 e. The number of phenols is 1. The number of amides is 1. The fraction of sp³-hybridized carbons (Fsp3) is 0.300.